The number of anilines is 1. The maximum Gasteiger partial charge on any atom is 0.231 e. The summed E-state index contributed by atoms with van der Waals surface area (Å²) < 4.78 is 20.1. The van der Waals surface area contributed by atoms with Gasteiger partial charge in [0.25, 0.3) is 0 Å². The number of carbonyl (C=O) groups excluding carboxylic acids is 1. The Morgan fingerprint density at radius 1 is 1.14 bits per heavy atom. The molecule has 0 fully saturated rings. The minimum absolute atomic E-state index is 0.222. The topological polar surface area (TPSA) is 50.4 Å². The fourth-order valence-corrected chi connectivity index (χ4v) is 3.66. The lowest BCUT2D eigenvalue weighted by Crippen LogP contribution is -2.26. The average molecular weight is 378 g/mol. The van der Waals surface area contributed by atoms with Crippen molar-refractivity contribution in [3.63, 3.8) is 0 Å². The summed E-state index contributed by atoms with van der Waals surface area (Å²) in [6.45, 7) is 3.25. The Hall–Kier alpha value is -2.92. The first-order valence-electron chi connectivity index (χ1n) is 9.46. The highest BCUT2D eigenvalue weighted by atomic mass is 19.1. The summed E-state index contributed by atoms with van der Waals surface area (Å²) in [6.07, 6.45) is 0.633. The molecule has 0 saturated heterocycles. The first-order chi connectivity index (χ1) is 13.6. The van der Waals surface area contributed by atoms with Crippen LogP contribution in [0.25, 0.3) is 10.8 Å². The highest BCUT2D eigenvalue weighted by Gasteiger charge is 2.20. The molecule has 0 bridgehead atoms. The predicted molar refractivity (Wildman–Crippen MR) is 109 cm³/mol. The number of nitrogens with one attached hydrogen (secondary N) is 2. The highest BCUT2D eigenvalue weighted by Crippen LogP contribution is 2.28. The molecule has 1 atom stereocenters. The van der Waals surface area contributed by atoms with Crippen LogP contribution in [0.4, 0.5) is 10.1 Å². The van der Waals surface area contributed by atoms with Gasteiger partial charge in [0, 0.05) is 6.54 Å². The van der Waals surface area contributed by atoms with Crippen molar-refractivity contribution in [2.45, 2.75) is 25.8 Å². The van der Waals surface area contributed by atoms with E-state index in [1.54, 1.807) is 13.2 Å². The second-order valence-corrected chi connectivity index (χ2v) is 7.18. The monoisotopic (exact) mass is 378 g/mol. The van der Waals surface area contributed by atoms with E-state index in [9.17, 15) is 9.18 Å². The van der Waals surface area contributed by atoms with E-state index in [1.165, 1.54) is 0 Å². The molecule has 2 N–H and O–H groups in total. The van der Waals surface area contributed by atoms with Gasteiger partial charge in [0.05, 0.1) is 18.7 Å². The fourth-order valence-electron chi connectivity index (χ4n) is 3.66. The van der Waals surface area contributed by atoms with Gasteiger partial charge in [0.15, 0.2) is 0 Å². The van der Waals surface area contributed by atoms with Crippen LogP contribution in [0, 0.1) is 5.82 Å². The fraction of sp³-hybridized carbons (Fsp3) is 0.261. The zero-order chi connectivity index (χ0) is 19.7. The summed E-state index contributed by atoms with van der Waals surface area (Å²) in [5, 5.41) is 8.08. The van der Waals surface area contributed by atoms with Crippen molar-refractivity contribution in [1.29, 1.82) is 0 Å². The molecule has 144 valence electrons. The third-order valence-electron chi connectivity index (χ3n) is 5.43. The lowest BCUT2D eigenvalue weighted by molar-refractivity contribution is -0.117. The number of carbonyl (C=O) groups is 1. The molecular formula is C23H23FN2O2. The molecule has 0 aliphatic carbocycles. The second kappa shape index (κ2) is 7.60. The average Bonchev–Trinajstić information content (AvgIpc) is 2.74. The Morgan fingerprint density at radius 2 is 1.93 bits per heavy atom. The largest absolute Gasteiger partial charge is 0.497 e. The first-order valence-corrected chi connectivity index (χ1v) is 9.46. The SMILES string of the molecule is COc1ccc2cc(C(C)C(=O)Nc3ccc4c(c3F)CCNC4)ccc2c1. The van der Waals surface area contributed by atoms with Gasteiger partial charge >= 0.3 is 0 Å². The smallest absolute Gasteiger partial charge is 0.231 e. The molecule has 4 nitrogen and oxygen atoms in total. The van der Waals surface area contributed by atoms with Crippen molar-refractivity contribution in [2.75, 3.05) is 19.0 Å². The maximum absolute atomic E-state index is 14.8. The van der Waals surface area contributed by atoms with Gasteiger partial charge in [-0.1, -0.05) is 30.3 Å². The molecular weight excluding hydrogens is 355 g/mol. The van der Waals surface area contributed by atoms with Crippen LogP contribution < -0.4 is 15.4 Å². The molecule has 28 heavy (non-hydrogen) atoms. The van der Waals surface area contributed by atoms with Crippen LogP contribution in [0.5, 0.6) is 5.75 Å². The summed E-state index contributed by atoms with van der Waals surface area (Å²) in [4.78, 5) is 12.8. The lowest BCUT2D eigenvalue weighted by Gasteiger charge is -2.20. The van der Waals surface area contributed by atoms with Gasteiger partial charge < -0.3 is 15.4 Å². The van der Waals surface area contributed by atoms with Crippen molar-refractivity contribution in [2.24, 2.45) is 0 Å². The van der Waals surface area contributed by atoms with E-state index in [1.807, 2.05) is 49.4 Å². The van der Waals surface area contributed by atoms with Crippen LogP contribution in [-0.4, -0.2) is 19.6 Å². The van der Waals surface area contributed by atoms with Crippen LogP contribution in [0.3, 0.4) is 0 Å². The number of ether oxygens (including phenoxy) is 1. The van der Waals surface area contributed by atoms with Gasteiger partial charge in [-0.2, -0.15) is 0 Å². The van der Waals surface area contributed by atoms with E-state index in [-0.39, 0.29) is 17.4 Å². The Balaban J connectivity index is 1.56. The normalized spacial score (nSPS) is 14.4. The van der Waals surface area contributed by atoms with Crippen LogP contribution in [-0.2, 0) is 17.8 Å². The molecule has 1 aliphatic rings. The van der Waals surface area contributed by atoms with Crippen molar-refractivity contribution < 1.29 is 13.9 Å². The van der Waals surface area contributed by atoms with Gasteiger partial charge in [-0.25, -0.2) is 4.39 Å². The Bertz CT molecular complexity index is 1050. The third-order valence-corrected chi connectivity index (χ3v) is 5.43. The molecule has 1 amide bonds. The number of benzene rings is 3. The first kappa shape index (κ1) is 18.4. The molecule has 3 aromatic carbocycles. The zero-order valence-corrected chi connectivity index (χ0v) is 16.0. The van der Waals surface area contributed by atoms with Crippen LogP contribution in [0.15, 0.2) is 48.5 Å². The van der Waals surface area contributed by atoms with Crippen LogP contribution >= 0.6 is 0 Å². The number of hydrogen-bond acceptors (Lipinski definition) is 3. The summed E-state index contributed by atoms with van der Waals surface area (Å²) in [6, 6.07) is 15.3. The lowest BCUT2D eigenvalue weighted by atomic mass is 9.96. The second-order valence-electron chi connectivity index (χ2n) is 7.18. The van der Waals surface area contributed by atoms with E-state index in [0.717, 1.165) is 34.2 Å². The number of amides is 1. The summed E-state index contributed by atoms with van der Waals surface area (Å²) in [5.74, 6) is -0.140. The number of methoxy groups -OCH3 is 1. The molecule has 1 aliphatic heterocycles. The van der Waals surface area contributed by atoms with E-state index < -0.39 is 5.92 Å². The summed E-state index contributed by atoms with van der Waals surface area (Å²) in [5.41, 5.74) is 2.80. The molecule has 0 radical (unpaired) electrons. The van der Waals surface area contributed by atoms with Crippen molar-refractivity contribution >= 4 is 22.4 Å². The zero-order valence-electron chi connectivity index (χ0n) is 16.0. The summed E-state index contributed by atoms with van der Waals surface area (Å²) in [7, 11) is 1.64. The van der Waals surface area contributed by atoms with Crippen molar-refractivity contribution in [3.05, 3.63) is 71.0 Å². The Labute approximate surface area is 163 Å². The molecule has 0 aromatic heterocycles. The van der Waals surface area contributed by atoms with E-state index in [0.29, 0.717) is 18.5 Å². The summed E-state index contributed by atoms with van der Waals surface area (Å²) >= 11 is 0. The van der Waals surface area contributed by atoms with Gasteiger partial charge in [0.1, 0.15) is 11.6 Å². The molecule has 3 aromatic rings. The van der Waals surface area contributed by atoms with Gasteiger partial charge in [0.2, 0.25) is 5.91 Å². The number of halogens is 1. The molecule has 0 spiro atoms. The Kier molecular flexibility index (Phi) is 5.01. The van der Waals surface area contributed by atoms with Gasteiger partial charge in [-0.05, 0) is 65.6 Å². The standard InChI is InChI=1S/C23H23FN2O2/c1-14(15-3-4-17-12-19(28-2)7-5-16(17)11-15)23(27)26-21-8-6-18-13-25-10-9-20(18)22(21)24/h3-8,11-12,14,25H,9-10,13H2,1-2H3,(H,26,27). The predicted octanol–water partition coefficient (Wildman–Crippen LogP) is 4.38. The molecule has 1 unspecified atom stereocenters. The van der Waals surface area contributed by atoms with Crippen LogP contribution in [0.1, 0.15) is 29.5 Å². The molecule has 5 heteroatoms. The molecule has 4 rings (SSSR count). The Morgan fingerprint density at radius 3 is 2.75 bits per heavy atom. The third kappa shape index (κ3) is 3.45. The van der Waals surface area contributed by atoms with E-state index in [2.05, 4.69) is 10.6 Å². The molecule has 0 saturated carbocycles. The van der Waals surface area contributed by atoms with Crippen molar-refractivity contribution in [3.8, 4) is 5.75 Å². The molecule has 1 heterocycles. The number of rotatable bonds is 4. The van der Waals surface area contributed by atoms with Gasteiger partial charge in [-0.3, -0.25) is 4.79 Å². The van der Waals surface area contributed by atoms with E-state index in [4.69, 9.17) is 4.74 Å². The quantitative estimate of drug-likeness (QED) is 0.709. The maximum atomic E-state index is 14.8. The van der Waals surface area contributed by atoms with Gasteiger partial charge in [-0.15, -0.1) is 0 Å². The van der Waals surface area contributed by atoms with Crippen molar-refractivity contribution in [1.82, 2.24) is 5.32 Å². The van der Waals surface area contributed by atoms with E-state index >= 15 is 0 Å². The number of hydrogen-bond donors (Lipinski definition) is 2. The minimum Gasteiger partial charge on any atom is -0.497 e. The van der Waals surface area contributed by atoms with Crippen LogP contribution in [0.2, 0.25) is 0 Å². The highest BCUT2D eigenvalue weighted by molar-refractivity contribution is 5.96. The number of fused-ring (bicyclic) bond motifs is 2. The minimum atomic E-state index is -0.399.